The van der Waals surface area contributed by atoms with Crippen molar-refractivity contribution in [1.82, 2.24) is 25.2 Å². The number of rotatable bonds is 6. The lowest BCUT2D eigenvalue weighted by atomic mass is 10.2. The molecule has 7 rings (SSSR count). The maximum atomic E-state index is 13.7. The van der Waals surface area contributed by atoms with Crippen LogP contribution >= 0.6 is 37.2 Å². The molecule has 0 radical (unpaired) electrons. The maximum Gasteiger partial charge on any atom is 0.417 e. The zero-order valence-electron chi connectivity index (χ0n) is 30.8. The first-order chi connectivity index (χ1) is 27.3. The van der Waals surface area contributed by atoms with Gasteiger partial charge in [0.25, 0.3) is 5.56 Å². The standard InChI is InChI=1S/C17H20F4N2O3.C12H12F4N2O.C6H3F4NO.3CH4.I2/c1-16(2,3)26-15(24)23-6-10-11(7-23)12(10)8-25-14-13(18)4-9(5-22-14)17(19,20)21;13-10-1-6(12(14,15)16)2-18-11(10)19-5-9-7-3-17-4-8(7)9;7-4-1-3(6(8,9)10)2-11-5(4)12;;;;1-2/h4-5,10-12H,6-8H2,1-3H3;1-2,7-9,17H,3-5H2;1-2H,(H,11,12);3*1H4;/t10-,11+,12?;7-,8+,9?;;;;;. The summed E-state index contributed by atoms with van der Waals surface area (Å²) in [7, 11) is 0. The first-order valence-corrected chi connectivity index (χ1v) is 23.6. The van der Waals surface area contributed by atoms with Gasteiger partial charge in [0.05, 0.1) is 29.9 Å². The zero-order chi connectivity index (χ0) is 44.2. The van der Waals surface area contributed by atoms with Crippen molar-refractivity contribution >= 4 is 43.3 Å². The Morgan fingerprint density at radius 3 is 1.44 bits per heavy atom. The van der Waals surface area contributed by atoms with Crippen molar-refractivity contribution in [3.63, 3.8) is 0 Å². The minimum atomic E-state index is -4.65. The monoisotopic (exact) mass is 1140 g/mol. The maximum absolute atomic E-state index is 13.7. The minimum absolute atomic E-state index is 0. The first-order valence-electron chi connectivity index (χ1n) is 17.3. The van der Waals surface area contributed by atoms with Crippen LogP contribution in [0, 0.1) is 53.0 Å². The van der Waals surface area contributed by atoms with Crippen LogP contribution in [0.3, 0.4) is 0 Å². The number of H-pyrrole nitrogens is 1. The van der Waals surface area contributed by atoms with Gasteiger partial charge in [-0.15, -0.1) is 0 Å². The van der Waals surface area contributed by atoms with Crippen LogP contribution in [0.1, 0.15) is 59.7 Å². The molecule has 6 atom stereocenters. The van der Waals surface area contributed by atoms with Crippen LogP contribution in [-0.2, 0) is 23.3 Å². The number of nitrogens with one attached hydrogen (secondary N) is 2. The molecule has 10 nitrogen and oxygen atoms in total. The number of fused-ring (bicyclic) bond motifs is 2. The number of piperidine rings is 2. The third kappa shape index (κ3) is 15.5. The molecule has 62 heavy (non-hydrogen) atoms. The number of amides is 1. The van der Waals surface area contributed by atoms with E-state index in [0.29, 0.717) is 68.2 Å². The highest BCUT2D eigenvalue weighted by Crippen LogP contribution is 2.52. The molecule has 4 aliphatic rings. The van der Waals surface area contributed by atoms with Gasteiger partial charge in [-0.05, 0) is 75.7 Å². The SMILES string of the molecule is C.C.C.CC(C)(C)OC(=O)N1C[C@@H]2C(COc3ncc(C(F)(F)F)cc3F)[C@@H]2C1.Fc1cc(C(F)(F)F)cnc1OCC1[C@H]2CNC[C@@H]12.II.O=c1[nH]cc(C(F)(F)F)cc1F. The van der Waals surface area contributed by atoms with Crippen molar-refractivity contribution < 1.29 is 71.7 Å². The highest BCUT2D eigenvalue weighted by atomic mass is 128. The third-order valence-electron chi connectivity index (χ3n) is 9.57. The molecule has 0 spiro atoms. The molecule has 2 aliphatic heterocycles. The van der Waals surface area contributed by atoms with Gasteiger partial charge in [-0.3, -0.25) is 4.79 Å². The van der Waals surface area contributed by atoms with E-state index in [0.717, 1.165) is 13.1 Å². The number of aromatic nitrogens is 3. The van der Waals surface area contributed by atoms with Gasteiger partial charge in [-0.1, -0.05) is 22.3 Å². The van der Waals surface area contributed by atoms with E-state index >= 15 is 0 Å². The lowest BCUT2D eigenvalue weighted by Crippen LogP contribution is -2.37. The van der Waals surface area contributed by atoms with Crippen molar-refractivity contribution in [3.05, 3.63) is 81.3 Å². The van der Waals surface area contributed by atoms with Crippen LogP contribution in [-0.4, -0.2) is 70.9 Å². The molecule has 24 heteroatoms. The Hall–Kier alpha value is -3.30. The number of alkyl halides is 9. The van der Waals surface area contributed by atoms with Gasteiger partial charge in [-0.2, -0.15) is 39.5 Å². The second-order valence-electron chi connectivity index (χ2n) is 14.7. The van der Waals surface area contributed by atoms with Crippen molar-refractivity contribution in [2.75, 3.05) is 39.4 Å². The third-order valence-corrected chi connectivity index (χ3v) is 9.57. The molecule has 2 aliphatic carbocycles. The summed E-state index contributed by atoms with van der Waals surface area (Å²) < 4.78 is 165. The van der Waals surface area contributed by atoms with Gasteiger partial charge in [0.2, 0.25) is 11.8 Å². The number of ether oxygens (including phenoxy) is 3. The molecule has 1 amide bonds. The average molecular weight is 1140 g/mol. The number of pyridine rings is 3. The number of likely N-dealkylation sites (tertiary alicyclic amines) is 1. The van der Waals surface area contributed by atoms with Gasteiger partial charge >= 0.3 is 24.6 Å². The quantitative estimate of drug-likeness (QED) is 0.185. The van der Waals surface area contributed by atoms with E-state index < -0.39 is 69.7 Å². The van der Waals surface area contributed by atoms with Crippen molar-refractivity contribution in [1.29, 1.82) is 0 Å². The molecule has 4 fully saturated rings. The van der Waals surface area contributed by atoms with Gasteiger partial charge in [-0.25, -0.2) is 27.9 Å². The van der Waals surface area contributed by atoms with Crippen molar-refractivity contribution in [2.24, 2.45) is 35.5 Å². The zero-order valence-corrected chi connectivity index (χ0v) is 35.2. The van der Waals surface area contributed by atoms with E-state index in [1.165, 1.54) is 0 Å². The highest BCUT2D eigenvalue weighted by molar-refractivity contribution is 15.0. The van der Waals surface area contributed by atoms with Gasteiger partial charge in [0, 0.05) is 80.7 Å². The lowest BCUT2D eigenvalue weighted by molar-refractivity contribution is -0.138. The second-order valence-corrected chi connectivity index (χ2v) is 14.7. The molecule has 2 saturated heterocycles. The highest BCUT2D eigenvalue weighted by Gasteiger charge is 2.57. The topological polar surface area (TPSA) is 119 Å². The molecule has 3 aromatic heterocycles. The normalized spacial score (nSPS) is 21.8. The Labute approximate surface area is 373 Å². The van der Waals surface area contributed by atoms with Crippen LogP contribution in [0.5, 0.6) is 11.8 Å². The summed E-state index contributed by atoms with van der Waals surface area (Å²) in [6, 6.07) is 0.941. The van der Waals surface area contributed by atoms with Gasteiger partial charge < -0.3 is 29.4 Å². The summed E-state index contributed by atoms with van der Waals surface area (Å²) in [5.74, 6) is -2.36. The number of carbonyl (C=O) groups is 1. The second kappa shape index (κ2) is 22.5. The summed E-state index contributed by atoms with van der Waals surface area (Å²) in [6.45, 7) is 8.80. The smallest absolute Gasteiger partial charge is 0.417 e. The van der Waals surface area contributed by atoms with Crippen LogP contribution in [0.15, 0.2) is 41.6 Å². The Bertz CT molecular complexity index is 1960. The number of nitrogens with zero attached hydrogens (tertiary/aromatic N) is 3. The Morgan fingerprint density at radius 2 is 1.08 bits per heavy atom. The van der Waals surface area contributed by atoms with Crippen LogP contribution < -0.4 is 20.3 Å². The van der Waals surface area contributed by atoms with E-state index in [-0.39, 0.29) is 64.7 Å². The molecule has 2 unspecified atom stereocenters. The molecule has 0 aromatic carbocycles. The fourth-order valence-corrected chi connectivity index (χ4v) is 6.51. The first kappa shape index (κ1) is 56.7. The number of halogens is 14. The van der Waals surface area contributed by atoms with Gasteiger partial charge in [0.15, 0.2) is 17.5 Å². The van der Waals surface area contributed by atoms with Crippen LogP contribution in [0.4, 0.5) is 57.5 Å². The van der Waals surface area contributed by atoms with Crippen LogP contribution in [0.2, 0.25) is 0 Å². The number of aromatic amines is 1. The summed E-state index contributed by atoms with van der Waals surface area (Å²) in [5.41, 5.74) is -5.19. The number of carbonyl (C=O) groups excluding carboxylic acids is 1. The molecule has 5 heterocycles. The molecular formula is C38H47F12I2N5O5. The Balaban J connectivity index is 0.000000472. The molecule has 2 saturated carbocycles. The van der Waals surface area contributed by atoms with E-state index in [9.17, 15) is 62.3 Å². The summed E-state index contributed by atoms with van der Waals surface area (Å²) in [6.07, 6.45) is -12.7. The number of hydrogen-bond donors (Lipinski definition) is 2. The van der Waals surface area contributed by atoms with E-state index in [1.807, 2.05) is 0 Å². The van der Waals surface area contributed by atoms with E-state index in [4.69, 9.17) is 14.2 Å². The van der Waals surface area contributed by atoms with Crippen molar-refractivity contribution in [3.8, 4) is 11.8 Å². The predicted octanol–water partition coefficient (Wildman–Crippen LogP) is 11.0. The average Bonchev–Trinajstić information content (AvgIpc) is 3.76. The summed E-state index contributed by atoms with van der Waals surface area (Å²) >= 11 is 4.24. The summed E-state index contributed by atoms with van der Waals surface area (Å²) in [4.78, 5) is 32.4. The molecular weight excluding hydrogens is 1090 g/mol. The fraction of sp³-hybridized carbons (Fsp3) is 0.579. The van der Waals surface area contributed by atoms with Crippen LogP contribution in [0.25, 0.3) is 0 Å². The fourth-order valence-electron chi connectivity index (χ4n) is 6.51. The minimum Gasteiger partial charge on any atom is -0.475 e. The Morgan fingerprint density at radius 1 is 0.694 bits per heavy atom. The van der Waals surface area contributed by atoms with E-state index in [1.54, 1.807) is 30.7 Å². The van der Waals surface area contributed by atoms with Gasteiger partial charge in [0.1, 0.15) is 5.60 Å². The largest absolute Gasteiger partial charge is 0.475 e. The molecule has 0 bridgehead atoms. The van der Waals surface area contributed by atoms with Crippen molar-refractivity contribution in [2.45, 2.75) is 67.2 Å². The molecule has 2 N–H and O–H groups in total. The molecule has 352 valence electrons. The Kier molecular flexibility index (Phi) is 20.6. The number of hydrogen-bond acceptors (Lipinski definition) is 8. The lowest BCUT2D eigenvalue weighted by Gasteiger charge is -2.25. The molecule has 3 aromatic rings. The van der Waals surface area contributed by atoms with E-state index in [2.05, 4.69) is 52.5 Å². The predicted molar refractivity (Wildman–Crippen MR) is 221 cm³/mol. The summed E-state index contributed by atoms with van der Waals surface area (Å²) in [5, 5.41) is 3.22.